The molecule has 0 unspecified atom stereocenters. The SMILES string of the molecule is COc1nc(C#N)cnc1NCC1CCN(C(=O)[C@@H]2C[C@H]2c2ccccc2)CC1. The zero-order valence-corrected chi connectivity index (χ0v) is 16.5. The fourth-order valence-corrected chi connectivity index (χ4v) is 4.06. The number of nitriles is 1. The molecule has 1 saturated heterocycles. The maximum absolute atomic E-state index is 12.8. The van der Waals surface area contributed by atoms with Crippen LogP contribution in [0, 0.1) is 23.2 Å². The van der Waals surface area contributed by atoms with Crippen LogP contribution >= 0.6 is 0 Å². The number of aromatic nitrogens is 2. The van der Waals surface area contributed by atoms with Gasteiger partial charge in [-0.25, -0.2) is 4.98 Å². The van der Waals surface area contributed by atoms with Crippen molar-refractivity contribution in [2.75, 3.05) is 32.1 Å². The average molecular weight is 391 g/mol. The Morgan fingerprint density at radius 3 is 2.76 bits per heavy atom. The molecule has 2 heterocycles. The molecule has 7 nitrogen and oxygen atoms in total. The minimum atomic E-state index is 0.158. The summed E-state index contributed by atoms with van der Waals surface area (Å²) in [5.41, 5.74) is 1.51. The maximum atomic E-state index is 12.8. The number of nitrogens with zero attached hydrogens (tertiary/aromatic N) is 4. The first-order valence-electron chi connectivity index (χ1n) is 10.1. The Hall–Kier alpha value is -3.14. The molecule has 1 aliphatic heterocycles. The highest BCUT2D eigenvalue weighted by Crippen LogP contribution is 2.48. The topological polar surface area (TPSA) is 91.1 Å². The summed E-state index contributed by atoms with van der Waals surface area (Å²) in [6.07, 6.45) is 4.34. The first kappa shape index (κ1) is 19.2. The van der Waals surface area contributed by atoms with Crippen LogP contribution in [-0.2, 0) is 4.79 Å². The van der Waals surface area contributed by atoms with Gasteiger partial charge in [-0.3, -0.25) is 4.79 Å². The van der Waals surface area contributed by atoms with E-state index in [-0.39, 0.29) is 11.6 Å². The summed E-state index contributed by atoms with van der Waals surface area (Å²) in [5.74, 6) is 2.21. The van der Waals surface area contributed by atoms with Gasteiger partial charge in [-0.2, -0.15) is 10.2 Å². The maximum Gasteiger partial charge on any atom is 0.258 e. The Bertz CT molecular complexity index is 903. The first-order chi connectivity index (χ1) is 14.2. The number of anilines is 1. The molecule has 1 amide bonds. The number of benzene rings is 1. The molecule has 1 aromatic heterocycles. The molecular weight excluding hydrogens is 366 g/mol. The summed E-state index contributed by atoms with van der Waals surface area (Å²) in [6, 6.07) is 12.3. The van der Waals surface area contributed by atoms with Gasteiger partial charge in [0.15, 0.2) is 11.5 Å². The van der Waals surface area contributed by atoms with Crippen LogP contribution in [0.5, 0.6) is 5.88 Å². The van der Waals surface area contributed by atoms with Gasteiger partial charge in [-0.05, 0) is 36.7 Å². The van der Waals surface area contributed by atoms with E-state index in [4.69, 9.17) is 10.00 Å². The highest BCUT2D eigenvalue weighted by molar-refractivity contribution is 5.83. The zero-order chi connectivity index (χ0) is 20.2. The molecule has 2 aliphatic rings. The van der Waals surface area contributed by atoms with Crippen LogP contribution in [0.25, 0.3) is 0 Å². The lowest BCUT2D eigenvalue weighted by atomic mass is 9.96. The summed E-state index contributed by atoms with van der Waals surface area (Å²) in [5, 5.41) is 12.2. The monoisotopic (exact) mass is 391 g/mol. The predicted octanol–water partition coefficient (Wildman–Crippen LogP) is 2.81. The van der Waals surface area contributed by atoms with E-state index in [1.54, 1.807) is 0 Å². The number of hydrogen-bond acceptors (Lipinski definition) is 6. The van der Waals surface area contributed by atoms with Crippen molar-refractivity contribution in [1.82, 2.24) is 14.9 Å². The van der Waals surface area contributed by atoms with Gasteiger partial charge in [-0.15, -0.1) is 0 Å². The van der Waals surface area contributed by atoms with Crippen LogP contribution in [0.15, 0.2) is 36.5 Å². The molecule has 4 rings (SSSR count). The number of methoxy groups -OCH3 is 1. The number of carbonyl (C=O) groups excluding carboxylic acids is 1. The van der Waals surface area contributed by atoms with Crippen molar-refractivity contribution >= 4 is 11.7 Å². The molecular formula is C22H25N5O2. The summed E-state index contributed by atoms with van der Waals surface area (Å²) in [4.78, 5) is 23.2. The molecule has 1 saturated carbocycles. The lowest BCUT2D eigenvalue weighted by Crippen LogP contribution is -2.40. The van der Waals surface area contributed by atoms with E-state index in [0.29, 0.717) is 29.4 Å². The number of ether oxygens (including phenoxy) is 1. The van der Waals surface area contributed by atoms with Gasteiger partial charge in [0, 0.05) is 25.6 Å². The largest absolute Gasteiger partial charge is 0.478 e. The van der Waals surface area contributed by atoms with Crippen molar-refractivity contribution in [3.05, 3.63) is 47.8 Å². The second-order valence-corrected chi connectivity index (χ2v) is 7.73. The van der Waals surface area contributed by atoms with Gasteiger partial charge in [0.2, 0.25) is 5.91 Å². The van der Waals surface area contributed by atoms with Crippen molar-refractivity contribution in [3.8, 4) is 11.9 Å². The number of nitrogens with one attached hydrogen (secondary N) is 1. The number of carbonyl (C=O) groups is 1. The molecule has 150 valence electrons. The Balaban J connectivity index is 1.25. The minimum Gasteiger partial charge on any atom is -0.478 e. The zero-order valence-electron chi connectivity index (χ0n) is 16.5. The number of hydrogen-bond donors (Lipinski definition) is 1. The van der Waals surface area contributed by atoms with Crippen LogP contribution < -0.4 is 10.1 Å². The van der Waals surface area contributed by atoms with Crippen LogP contribution in [0.3, 0.4) is 0 Å². The van der Waals surface area contributed by atoms with E-state index in [0.717, 1.165) is 38.9 Å². The lowest BCUT2D eigenvalue weighted by molar-refractivity contribution is -0.134. The minimum absolute atomic E-state index is 0.158. The highest BCUT2D eigenvalue weighted by atomic mass is 16.5. The third-order valence-corrected chi connectivity index (χ3v) is 5.87. The van der Waals surface area contributed by atoms with Crippen molar-refractivity contribution in [2.24, 2.45) is 11.8 Å². The summed E-state index contributed by atoms with van der Waals surface area (Å²) in [7, 11) is 1.51. The predicted molar refractivity (Wildman–Crippen MR) is 108 cm³/mol. The van der Waals surface area contributed by atoms with Gasteiger partial charge >= 0.3 is 0 Å². The van der Waals surface area contributed by atoms with Crippen LogP contribution in [0.1, 0.15) is 36.4 Å². The molecule has 29 heavy (non-hydrogen) atoms. The molecule has 7 heteroatoms. The van der Waals surface area contributed by atoms with Crippen molar-refractivity contribution < 1.29 is 9.53 Å². The van der Waals surface area contributed by atoms with Gasteiger partial charge in [0.05, 0.1) is 13.3 Å². The third-order valence-electron chi connectivity index (χ3n) is 5.87. The average Bonchev–Trinajstić information content (AvgIpc) is 3.59. The van der Waals surface area contributed by atoms with Crippen LogP contribution in [0.4, 0.5) is 5.82 Å². The van der Waals surface area contributed by atoms with E-state index in [9.17, 15) is 4.79 Å². The van der Waals surface area contributed by atoms with Gasteiger partial charge in [-0.1, -0.05) is 30.3 Å². The molecule has 2 atom stereocenters. The molecule has 0 spiro atoms. The Morgan fingerprint density at radius 1 is 1.31 bits per heavy atom. The molecule has 0 bridgehead atoms. The lowest BCUT2D eigenvalue weighted by Gasteiger charge is -2.32. The Kier molecular flexibility index (Phi) is 5.61. The quantitative estimate of drug-likeness (QED) is 0.814. The fraction of sp³-hybridized carbons (Fsp3) is 0.455. The summed E-state index contributed by atoms with van der Waals surface area (Å²) >= 11 is 0. The second-order valence-electron chi connectivity index (χ2n) is 7.73. The number of amides is 1. The third kappa shape index (κ3) is 4.32. The van der Waals surface area contributed by atoms with Crippen LogP contribution in [-0.4, -0.2) is 47.5 Å². The van der Waals surface area contributed by atoms with E-state index in [1.807, 2.05) is 29.2 Å². The molecule has 2 aromatic rings. The summed E-state index contributed by atoms with van der Waals surface area (Å²) in [6.45, 7) is 2.35. The normalized spacial score (nSPS) is 21.3. The fourth-order valence-electron chi connectivity index (χ4n) is 4.06. The molecule has 0 radical (unpaired) electrons. The summed E-state index contributed by atoms with van der Waals surface area (Å²) < 4.78 is 5.22. The standard InChI is InChI=1S/C22H25N5O2/c1-29-21-20(25-14-17(12-23)26-21)24-13-15-7-9-27(10-8-15)22(28)19-11-18(19)16-5-3-2-4-6-16/h2-6,14-15,18-19H,7-11,13H2,1H3,(H,24,25)/t18-,19+/m0/s1. The van der Waals surface area contributed by atoms with Crippen molar-refractivity contribution in [2.45, 2.75) is 25.2 Å². The number of likely N-dealkylation sites (tertiary alicyclic amines) is 1. The second kappa shape index (κ2) is 8.48. The van der Waals surface area contributed by atoms with Crippen LogP contribution in [0.2, 0.25) is 0 Å². The Morgan fingerprint density at radius 2 is 2.07 bits per heavy atom. The van der Waals surface area contributed by atoms with E-state index in [2.05, 4.69) is 27.4 Å². The van der Waals surface area contributed by atoms with Gasteiger partial charge in [0.1, 0.15) is 6.07 Å². The smallest absolute Gasteiger partial charge is 0.258 e. The molecule has 2 fully saturated rings. The highest BCUT2D eigenvalue weighted by Gasteiger charge is 2.46. The number of piperidine rings is 1. The van der Waals surface area contributed by atoms with Gasteiger partial charge < -0.3 is 15.0 Å². The number of rotatable bonds is 6. The van der Waals surface area contributed by atoms with Gasteiger partial charge in [0.25, 0.3) is 5.88 Å². The molecule has 1 N–H and O–H groups in total. The van der Waals surface area contributed by atoms with Crippen molar-refractivity contribution in [1.29, 1.82) is 5.26 Å². The Labute approximate surface area is 170 Å². The van der Waals surface area contributed by atoms with E-state index < -0.39 is 0 Å². The van der Waals surface area contributed by atoms with Crippen molar-refractivity contribution in [3.63, 3.8) is 0 Å². The van der Waals surface area contributed by atoms with E-state index in [1.165, 1.54) is 18.9 Å². The van der Waals surface area contributed by atoms with E-state index >= 15 is 0 Å². The molecule has 1 aliphatic carbocycles. The first-order valence-corrected chi connectivity index (χ1v) is 10.1. The molecule has 1 aromatic carbocycles.